The monoisotopic (exact) mass is 412 g/mol. The van der Waals surface area contributed by atoms with Gasteiger partial charge in [0.05, 0.1) is 12.9 Å². The molecule has 0 radical (unpaired) electrons. The van der Waals surface area contributed by atoms with Crippen LogP contribution in [0.1, 0.15) is 22.3 Å². The van der Waals surface area contributed by atoms with Gasteiger partial charge in [-0.3, -0.25) is 4.79 Å². The number of hydrogen-bond donors (Lipinski definition) is 5. The summed E-state index contributed by atoms with van der Waals surface area (Å²) in [6.07, 6.45) is 0.827. The zero-order valence-corrected chi connectivity index (χ0v) is 16.4. The average Bonchev–Trinajstić information content (AvgIpc) is 3.14. The molecule has 2 atom stereocenters. The maximum Gasteiger partial charge on any atom is 0.465 e. The predicted molar refractivity (Wildman–Crippen MR) is 106 cm³/mol. The summed E-state index contributed by atoms with van der Waals surface area (Å²) in [6, 6.07) is 2.86. The number of carboxylic acids is 1. The van der Waals surface area contributed by atoms with E-state index in [9.17, 15) is 29.9 Å². The molecule has 1 aliphatic heterocycles. The second kappa shape index (κ2) is 10.0. The number of rotatable bonds is 9. The van der Waals surface area contributed by atoms with E-state index in [2.05, 4.69) is 0 Å². The third kappa shape index (κ3) is 5.31. The first-order valence-electron chi connectivity index (χ1n) is 8.86. The van der Waals surface area contributed by atoms with Crippen molar-refractivity contribution in [1.29, 1.82) is 0 Å². The largest absolute Gasteiger partial charge is 0.507 e. The number of carboxylic acid groups (broad SMARTS) is 1. The quantitative estimate of drug-likeness (QED) is 0.340. The highest BCUT2D eigenvalue weighted by Crippen LogP contribution is 2.33. The lowest BCUT2D eigenvalue weighted by atomic mass is 9.81. The fourth-order valence-corrected chi connectivity index (χ4v) is 4.15. The van der Waals surface area contributed by atoms with Gasteiger partial charge in [-0.25, -0.2) is 4.79 Å². The summed E-state index contributed by atoms with van der Waals surface area (Å²) >= 11 is 1.05. The molecule has 1 unspecified atom stereocenters. The highest BCUT2D eigenvalue weighted by atomic mass is 32.2. The van der Waals surface area contributed by atoms with E-state index in [1.807, 2.05) is 0 Å². The van der Waals surface area contributed by atoms with Crippen molar-refractivity contribution in [2.45, 2.75) is 18.0 Å². The normalized spacial score (nSPS) is 17.4. The van der Waals surface area contributed by atoms with Gasteiger partial charge in [0.2, 0.25) is 5.91 Å². The smallest absolute Gasteiger partial charge is 0.465 e. The Labute approximate surface area is 167 Å². The summed E-state index contributed by atoms with van der Waals surface area (Å²) < 4.78 is 4.94. The van der Waals surface area contributed by atoms with Crippen LogP contribution in [0.3, 0.4) is 0 Å². The van der Waals surface area contributed by atoms with Gasteiger partial charge < -0.3 is 35.6 Å². The molecule has 1 fully saturated rings. The molecule has 1 aromatic rings. The summed E-state index contributed by atoms with van der Waals surface area (Å²) in [6.45, 7) is 1.76. The van der Waals surface area contributed by atoms with Crippen LogP contribution in [0, 0.1) is 5.92 Å². The van der Waals surface area contributed by atoms with Gasteiger partial charge in [-0.15, -0.1) is 0 Å². The molecule has 0 spiro atoms. The van der Waals surface area contributed by atoms with E-state index in [0.29, 0.717) is 25.6 Å². The van der Waals surface area contributed by atoms with E-state index < -0.39 is 29.5 Å². The Morgan fingerprint density at radius 3 is 2.68 bits per heavy atom. The number of aromatic hydroxyl groups is 1. The standard InChI is InChI=1S/C17H25BN2O7S/c1-27-12-3-2-11(16(22)15(12)17(23)24)6-13(18(25)26)28-9-14(21)20-5-4-10(7-19)8-20/h2-3,10,13,22,25-26H,4-9,19H2,1H3,(H,23,24)/t10?,13-/m0/s1. The fourth-order valence-electron chi connectivity index (χ4n) is 3.15. The minimum Gasteiger partial charge on any atom is -0.507 e. The molecule has 1 heterocycles. The van der Waals surface area contributed by atoms with Crippen molar-refractivity contribution in [1.82, 2.24) is 4.90 Å². The molecule has 154 valence electrons. The van der Waals surface area contributed by atoms with Gasteiger partial charge in [0.15, 0.2) is 0 Å². The van der Waals surface area contributed by atoms with Gasteiger partial charge >= 0.3 is 13.1 Å². The minimum absolute atomic E-state index is 0.00108. The number of aromatic carboxylic acids is 1. The number of methoxy groups -OCH3 is 1. The number of thioether (sulfide) groups is 1. The van der Waals surface area contributed by atoms with Crippen LogP contribution in [0.4, 0.5) is 0 Å². The molecule has 1 amide bonds. The molecule has 9 nitrogen and oxygen atoms in total. The summed E-state index contributed by atoms with van der Waals surface area (Å²) in [5, 5.41) is 38.1. The molecule has 11 heteroatoms. The second-order valence-corrected chi connectivity index (χ2v) is 7.88. The Morgan fingerprint density at radius 1 is 1.43 bits per heavy atom. The first kappa shape index (κ1) is 22.3. The van der Waals surface area contributed by atoms with Crippen LogP contribution in [-0.2, 0) is 11.2 Å². The number of amides is 1. The Morgan fingerprint density at radius 2 is 2.14 bits per heavy atom. The van der Waals surface area contributed by atoms with Crippen LogP contribution in [0.5, 0.6) is 11.5 Å². The number of benzene rings is 1. The molecule has 1 aromatic carbocycles. The number of likely N-dealkylation sites (tertiary alicyclic amines) is 1. The van der Waals surface area contributed by atoms with E-state index >= 15 is 0 Å². The van der Waals surface area contributed by atoms with Gasteiger partial charge in [-0.1, -0.05) is 6.07 Å². The van der Waals surface area contributed by atoms with E-state index in [1.165, 1.54) is 19.2 Å². The Bertz CT molecular complexity index is 719. The lowest BCUT2D eigenvalue weighted by Gasteiger charge is -2.20. The number of nitrogens with two attached hydrogens (primary N) is 1. The lowest BCUT2D eigenvalue weighted by molar-refractivity contribution is -0.127. The Kier molecular flexibility index (Phi) is 7.99. The fraction of sp³-hybridized carbons (Fsp3) is 0.529. The number of carbonyl (C=O) groups is 2. The molecule has 1 aliphatic rings. The molecule has 2 rings (SSSR count). The molecule has 0 aliphatic carbocycles. The van der Waals surface area contributed by atoms with Gasteiger partial charge in [0.1, 0.15) is 17.1 Å². The number of nitrogens with zero attached hydrogens (tertiary/aromatic N) is 1. The molecule has 28 heavy (non-hydrogen) atoms. The first-order chi connectivity index (χ1) is 13.3. The molecule has 6 N–H and O–H groups in total. The number of hydrogen-bond acceptors (Lipinski definition) is 8. The summed E-state index contributed by atoms with van der Waals surface area (Å²) in [7, 11) is -0.459. The van der Waals surface area contributed by atoms with Crippen LogP contribution >= 0.6 is 11.8 Å². The number of carbonyl (C=O) groups excluding carboxylic acids is 1. The van der Waals surface area contributed by atoms with E-state index in [-0.39, 0.29) is 29.4 Å². The Hall–Kier alpha value is -1.95. The molecule has 0 saturated carbocycles. The van der Waals surface area contributed by atoms with Crippen molar-refractivity contribution in [3.63, 3.8) is 0 Å². The van der Waals surface area contributed by atoms with Crippen molar-refractivity contribution in [3.8, 4) is 11.5 Å². The molecule has 0 aromatic heterocycles. The summed E-state index contributed by atoms with van der Waals surface area (Å²) in [5.74, 6) is -1.63. The van der Waals surface area contributed by atoms with Gasteiger partial charge in [-0.05, 0) is 36.9 Å². The van der Waals surface area contributed by atoms with Gasteiger partial charge in [-0.2, -0.15) is 11.8 Å². The van der Waals surface area contributed by atoms with E-state index in [1.54, 1.807) is 4.90 Å². The van der Waals surface area contributed by atoms with E-state index in [4.69, 9.17) is 10.5 Å². The van der Waals surface area contributed by atoms with Gasteiger partial charge in [0.25, 0.3) is 0 Å². The number of ether oxygens (including phenoxy) is 1. The van der Waals surface area contributed by atoms with Crippen molar-refractivity contribution in [2.24, 2.45) is 11.7 Å². The first-order valence-corrected chi connectivity index (χ1v) is 9.91. The topological polar surface area (TPSA) is 154 Å². The van der Waals surface area contributed by atoms with Crippen molar-refractivity contribution >= 4 is 30.8 Å². The zero-order valence-electron chi connectivity index (χ0n) is 15.6. The third-order valence-corrected chi connectivity index (χ3v) is 6.06. The highest BCUT2D eigenvalue weighted by molar-refractivity contribution is 8.01. The number of phenols is 1. The van der Waals surface area contributed by atoms with Gasteiger partial charge in [0, 0.05) is 18.2 Å². The maximum absolute atomic E-state index is 12.3. The minimum atomic E-state index is -1.75. The van der Waals surface area contributed by atoms with Crippen LogP contribution < -0.4 is 10.5 Å². The van der Waals surface area contributed by atoms with E-state index in [0.717, 1.165) is 18.2 Å². The summed E-state index contributed by atoms with van der Waals surface area (Å²) in [4.78, 5) is 25.4. The van der Waals surface area contributed by atoms with Crippen LogP contribution in [-0.4, -0.2) is 81.8 Å². The highest BCUT2D eigenvalue weighted by Gasteiger charge is 2.30. The van der Waals surface area contributed by atoms with Crippen molar-refractivity contribution < 1.29 is 34.6 Å². The predicted octanol–water partition coefficient (Wildman–Crippen LogP) is -0.437. The second-order valence-electron chi connectivity index (χ2n) is 6.65. The van der Waals surface area contributed by atoms with Crippen LogP contribution in [0.25, 0.3) is 0 Å². The molecule has 0 bridgehead atoms. The molecule has 1 saturated heterocycles. The summed E-state index contributed by atoms with van der Waals surface area (Å²) in [5.41, 5.74) is 5.46. The van der Waals surface area contributed by atoms with Crippen molar-refractivity contribution in [3.05, 3.63) is 23.3 Å². The SMILES string of the molecule is COc1ccc(C[C@H](SCC(=O)N2CCC(CN)C2)B(O)O)c(O)c1C(=O)O. The average molecular weight is 412 g/mol. The lowest BCUT2D eigenvalue weighted by Crippen LogP contribution is -2.35. The maximum atomic E-state index is 12.3. The van der Waals surface area contributed by atoms with Crippen LogP contribution in [0.2, 0.25) is 0 Å². The molecular formula is C17H25BN2O7S. The molecular weight excluding hydrogens is 387 g/mol. The van der Waals surface area contributed by atoms with Crippen molar-refractivity contribution in [2.75, 3.05) is 32.5 Å². The Balaban J connectivity index is 2.06. The van der Waals surface area contributed by atoms with Crippen LogP contribution in [0.15, 0.2) is 12.1 Å². The third-order valence-electron chi connectivity index (χ3n) is 4.80. The zero-order chi connectivity index (χ0) is 20.8.